The Labute approximate surface area is 55.0 Å². The first-order chi connectivity index (χ1) is 3.27. The molecule has 0 radical (unpaired) electrons. The van der Waals surface area contributed by atoms with Gasteiger partial charge in [-0.1, -0.05) is 4.51 Å². The third-order valence-electron chi connectivity index (χ3n) is 0.698. The fourth-order valence-corrected chi connectivity index (χ4v) is 1.67. The number of alkyl halides is 1. The highest BCUT2D eigenvalue weighted by Crippen LogP contribution is 1.96. The maximum atomic E-state index is 5.47. The molecule has 2 heteroatoms. The van der Waals surface area contributed by atoms with Crippen LogP contribution < -0.4 is 5.73 Å². The third kappa shape index (κ3) is 6.56. The molecule has 0 bridgehead atoms. The molecule has 0 aromatic carbocycles. The lowest BCUT2D eigenvalue weighted by Gasteiger charge is -1.97. The average molecular weight is 213 g/mol. The van der Waals surface area contributed by atoms with E-state index in [1.807, 2.05) is 6.92 Å². The van der Waals surface area contributed by atoms with Crippen molar-refractivity contribution in [2.45, 2.75) is 19.4 Å². The van der Waals surface area contributed by atoms with E-state index in [-0.39, 0.29) is 20.7 Å². The molecule has 1 nitrogen and oxygen atoms in total. The molecule has 0 spiro atoms. The number of rotatable bonds is 3. The van der Waals surface area contributed by atoms with Crippen molar-refractivity contribution in [3.8, 4) is 0 Å². The van der Waals surface area contributed by atoms with E-state index in [1.54, 1.807) is 0 Å². The standard InChI is InChI=1S/C5H12IN/c1-5(7)3-4-6-2/h5H,2-4,7H2,1H3/t5-/m0/s1. The van der Waals surface area contributed by atoms with Crippen molar-refractivity contribution in [1.29, 1.82) is 0 Å². The predicted molar refractivity (Wildman–Crippen MR) is 44.3 cm³/mol. The molecule has 2 N–H and O–H groups in total. The van der Waals surface area contributed by atoms with E-state index in [4.69, 9.17) is 5.73 Å². The van der Waals surface area contributed by atoms with Gasteiger partial charge in [0.15, 0.2) is 0 Å². The van der Waals surface area contributed by atoms with Crippen LogP contribution in [0.1, 0.15) is 13.3 Å². The molecule has 0 heterocycles. The second-order valence-corrected chi connectivity index (χ2v) is 3.80. The van der Waals surface area contributed by atoms with E-state index in [9.17, 15) is 0 Å². The smallest absolute Gasteiger partial charge is 0.00176 e. The molecule has 7 heavy (non-hydrogen) atoms. The van der Waals surface area contributed by atoms with Crippen LogP contribution in [0, 0.1) is 0 Å². The molecule has 0 unspecified atom stereocenters. The first-order valence-corrected chi connectivity index (χ1v) is 5.40. The molecule has 0 rings (SSSR count). The van der Waals surface area contributed by atoms with Gasteiger partial charge in [0.05, 0.1) is 0 Å². The van der Waals surface area contributed by atoms with Crippen LogP contribution in [-0.4, -0.2) is 15.0 Å². The summed E-state index contributed by atoms with van der Waals surface area (Å²) in [6.07, 6.45) is 1.16. The summed E-state index contributed by atoms with van der Waals surface area (Å²) in [6.45, 7) is 2.04. The predicted octanol–water partition coefficient (Wildman–Crippen LogP) is 1.13. The van der Waals surface area contributed by atoms with Crippen LogP contribution in [0.4, 0.5) is 0 Å². The van der Waals surface area contributed by atoms with Gasteiger partial charge in [-0.25, -0.2) is 0 Å². The van der Waals surface area contributed by atoms with Crippen LogP contribution in [0.3, 0.4) is 0 Å². The van der Waals surface area contributed by atoms with Gasteiger partial charge in [0, 0.05) is 6.04 Å². The summed E-state index contributed by atoms with van der Waals surface area (Å²) in [5, 5.41) is 0. The highest BCUT2D eigenvalue weighted by atomic mass is 127. The van der Waals surface area contributed by atoms with Gasteiger partial charge in [0.2, 0.25) is 0 Å². The van der Waals surface area contributed by atoms with Crippen LogP contribution >= 0.6 is 20.7 Å². The number of hydrogen-bond acceptors (Lipinski definition) is 1. The van der Waals surface area contributed by atoms with E-state index in [0.29, 0.717) is 6.04 Å². The largest absolute Gasteiger partial charge is 0.328 e. The Morgan fingerprint density at radius 2 is 2.43 bits per heavy atom. The highest BCUT2D eigenvalue weighted by molar-refractivity contribution is 14.2. The summed E-state index contributed by atoms with van der Waals surface area (Å²) < 4.78 is 5.09. The second kappa shape index (κ2) is 4.71. The topological polar surface area (TPSA) is 26.0 Å². The fourth-order valence-electron chi connectivity index (χ4n) is 0.249. The van der Waals surface area contributed by atoms with E-state index in [2.05, 4.69) is 4.51 Å². The summed E-state index contributed by atoms with van der Waals surface area (Å²) in [6, 6.07) is 0.390. The minimum atomic E-state index is 0.244. The molecule has 0 saturated carbocycles. The maximum Gasteiger partial charge on any atom is 0.00176 e. The van der Waals surface area contributed by atoms with Crippen molar-refractivity contribution >= 4 is 25.2 Å². The second-order valence-electron chi connectivity index (χ2n) is 1.64. The van der Waals surface area contributed by atoms with Crippen molar-refractivity contribution in [3.05, 3.63) is 0 Å². The minimum absolute atomic E-state index is 0.244. The molecule has 1 atom stereocenters. The summed E-state index contributed by atoms with van der Waals surface area (Å²) in [7, 11) is 0. The van der Waals surface area contributed by atoms with E-state index in [0.717, 1.165) is 6.42 Å². The van der Waals surface area contributed by atoms with Crippen LogP contribution in [0.5, 0.6) is 0 Å². The van der Waals surface area contributed by atoms with E-state index < -0.39 is 0 Å². The number of halogens is 1. The minimum Gasteiger partial charge on any atom is -0.328 e. The van der Waals surface area contributed by atoms with Crippen molar-refractivity contribution < 1.29 is 0 Å². The average Bonchev–Trinajstić information content (AvgIpc) is 1.61. The molecule has 0 aliphatic rings. The first-order valence-electron chi connectivity index (χ1n) is 2.35. The Kier molecular flexibility index (Phi) is 5.09. The van der Waals surface area contributed by atoms with E-state index >= 15 is 0 Å². The molecule has 0 aromatic rings. The Morgan fingerprint density at radius 1 is 1.86 bits per heavy atom. The Balaban J connectivity index is 2.81. The summed E-state index contributed by atoms with van der Waals surface area (Å²) >= 11 is 0.244. The van der Waals surface area contributed by atoms with Gasteiger partial charge in [0.25, 0.3) is 0 Å². The maximum absolute atomic E-state index is 5.47. The van der Waals surface area contributed by atoms with Gasteiger partial charge in [0.1, 0.15) is 0 Å². The van der Waals surface area contributed by atoms with Crippen molar-refractivity contribution in [1.82, 2.24) is 0 Å². The molecule has 0 aliphatic heterocycles. The van der Waals surface area contributed by atoms with Gasteiger partial charge in [-0.05, 0) is 17.8 Å². The number of nitrogens with two attached hydrogens (primary N) is 1. The Morgan fingerprint density at radius 3 is 2.57 bits per heavy atom. The summed E-state index contributed by atoms with van der Waals surface area (Å²) in [5.74, 6) is 0. The monoisotopic (exact) mass is 213 g/mol. The lowest BCUT2D eigenvalue weighted by Crippen LogP contribution is -2.14. The Hall–Kier alpha value is 0.560. The zero-order valence-electron chi connectivity index (χ0n) is 4.65. The van der Waals surface area contributed by atoms with Gasteiger partial charge in [-0.2, -0.15) is 0 Å². The van der Waals surface area contributed by atoms with Crippen LogP contribution in [0.15, 0.2) is 0 Å². The molecule has 0 aromatic heterocycles. The summed E-state index contributed by atoms with van der Waals surface area (Å²) in [5.41, 5.74) is 5.47. The van der Waals surface area contributed by atoms with Crippen LogP contribution in [-0.2, 0) is 0 Å². The van der Waals surface area contributed by atoms with Gasteiger partial charge in [-0.15, -0.1) is 20.7 Å². The zero-order valence-corrected chi connectivity index (χ0v) is 6.81. The lowest BCUT2D eigenvalue weighted by molar-refractivity contribution is 0.727. The van der Waals surface area contributed by atoms with Crippen molar-refractivity contribution in [2.75, 3.05) is 4.43 Å². The number of hydrogen-bond donors (Lipinski definition) is 1. The molecule has 0 saturated heterocycles. The zero-order chi connectivity index (χ0) is 5.70. The summed E-state index contributed by atoms with van der Waals surface area (Å²) in [4.78, 5) is 0. The fraction of sp³-hybridized carbons (Fsp3) is 0.800. The van der Waals surface area contributed by atoms with Crippen molar-refractivity contribution in [3.63, 3.8) is 0 Å². The molecule has 44 valence electrons. The molecule has 0 aliphatic carbocycles. The van der Waals surface area contributed by atoms with Crippen LogP contribution in [0.2, 0.25) is 0 Å². The van der Waals surface area contributed by atoms with Gasteiger partial charge >= 0.3 is 0 Å². The SMILES string of the molecule is C=ICC[C@H](C)N. The van der Waals surface area contributed by atoms with Gasteiger partial charge in [-0.3, -0.25) is 0 Å². The molecule has 0 amide bonds. The molecular formula is C5H12IN. The normalized spacial score (nSPS) is 14.0. The first kappa shape index (κ1) is 7.56. The van der Waals surface area contributed by atoms with Gasteiger partial charge < -0.3 is 5.73 Å². The highest BCUT2D eigenvalue weighted by Gasteiger charge is 1.87. The van der Waals surface area contributed by atoms with Crippen molar-refractivity contribution in [2.24, 2.45) is 5.73 Å². The molecule has 0 fully saturated rings. The third-order valence-corrected chi connectivity index (χ3v) is 2.08. The molecular weight excluding hydrogens is 201 g/mol. The quantitative estimate of drug-likeness (QED) is 0.551. The van der Waals surface area contributed by atoms with E-state index in [1.165, 1.54) is 4.43 Å². The van der Waals surface area contributed by atoms with Crippen LogP contribution in [0.25, 0.3) is 0 Å². The lowest BCUT2D eigenvalue weighted by atomic mass is 10.3. The Bertz CT molecular complexity index is 52.0.